The third kappa shape index (κ3) is 4.46. The number of benzene rings is 1. The highest BCUT2D eigenvalue weighted by atomic mass is 32.2. The third-order valence-electron chi connectivity index (χ3n) is 4.19. The molecule has 0 unspecified atom stereocenters. The van der Waals surface area contributed by atoms with Gasteiger partial charge in [0.25, 0.3) is 16.8 Å². The summed E-state index contributed by atoms with van der Waals surface area (Å²) < 4.78 is 5.18. The molecule has 146 valence electrons. The van der Waals surface area contributed by atoms with Crippen molar-refractivity contribution in [1.29, 1.82) is 0 Å². The Hall–Kier alpha value is -2.98. The van der Waals surface area contributed by atoms with E-state index in [-0.39, 0.29) is 23.0 Å². The maximum absolute atomic E-state index is 12.4. The van der Waals surface area contributed by atoms with E-state index in [1.165, 1.54) is 24.3 Å². The third-order valence-corrected chi connectivity index (χ3v) is 5.11. The number of hydrogen-bond acceptors (Lipinski definition) is 7. The average Bonchev–Trinajstić information content (AvgIpc) is 2.96. The minimum Gasteiger partial charge on any atom is -0.378 e. The van der Waals surface area contributed by atoms with Crippen molar-refractivity contribution in [2.45, 2.75) is 0 Å². The van der Waals surface area contributed by atoms with Gasteiger partial charge in [-0.15, -0.1) is 0 Å². The van der Waals surface area contributed by atoms with Crippen LogP contribution in [0.5, 0.6) is 0 Å². The van der Waals surface area contributed by atoms with Gasteiger partial charge in [-0.05, 0) is 30.0 Å². The highest BCUT2D eigenvalue weighted by Gasteiger charge is 2.37. The Morgan fingerprint density at radius 2 is 1.96 bits per heavy atom. The van der Waals surface area contributed by atoms with E-state index >= 15 is 0 Å². The molecule has 0 N–H and O–H groups in total. The maximum Gasteiger partial charge on any atom is 0.294 e. The minimum absolute atomic E-state index is 0.0589. The number of ether oxygens (including phenoxy) is 1. The Balaban J connectivity index is 1.67. The number of nitro benzene ring substituents is 1. The largest absolute Gasteiger partial charge is 0.378 e. The van der Waals surface area contributed by atoms with Gasteiger partial charge in [0.05, 0.1) is 28.6 Å². The molecule has 3 rings (SSSR count). The topological polar surface area (TPSA) is 110 Å². The van der Waals surface area contributed by atoms with Gasteiger partial charge in [-0.1, -0.05) is 18.2 Å². The van der Waals surface area contributed by atoms with Gasteiger partial charge in [-0.25, -0.2) is 0 Å². The maximum atomic E-state index is 12.4. The lowest BCUT2D eigenvalue weighted by Gasteiger charge is -2.27. The van der Waals surface area contributed by atoms with E-state index in [2.05, 4.69) is 0 Å². The lowest BCUT2D eigenvalue weighted by atomic mass is 10.1. The SMILES string of the molecule is O=C(CN1C(=O)S/C(=C/C=C/c2ccccc2[N+](=O)[O-])C1=O)N1CCOCC1. The standard InChI is InChI=1S/C18H17N3O6S/c22-16(19-8-10-27-11-9-19)12-20-17(23)15(28-18(20)24)7-3-5-13-4-1-2-6-14(13)21(25)26/h1-7H,8-12H2/b5-3+,15-7+. The van der Waals surface area contributed by atoms with Crippen LogP contribution in [0.15, 0.2) is 41.3 Å². The Morgan fingerprint density at radius 3 is 2.68 bits per heavy atom. The molecule has 1 aromatic rings. The molecular formula is C18H17N3O6S. The van der Waals surface area contributed by atoms with Crippen molar-refractivity contribution in [3.8, 4) is 0 Å². The first-order chi connectivity index (χ1) is 13.5. The molecule has 2 heterocycles. The number of rotatable bonds is 5. The number of imide groups is 1. The van der Waals surface area contributed by atoms with Gasteiger partial charge in [0, 0.05) is 19.2 Å². The van der Waals surface area contributed by atoms with Gasteiger partial charge < -0.3 is 9.64 Å². The Kier molecular flexibility index (Phi) is 6.22. The van der Waals surface area contributed by atoms with Crippen molar-refractivity contribution in [2.75, 3.05) is 32.8 Å². The molecule has 0 saturated carbocycles. The summed E-state index contributed by atoms with van der Waals surface area (Å²) >= 11 is 0.734. The van der Waals surface area contributed by atoms with Gasteiger partial charge in [-0.2, -0.15) is 0 Å². The molecule has 1 aromatic carbocycles. The monoisotopic (exact) mass is 403 g/mol. The first-order valence-electron chi connectivity index (χ1n) is 8.48. The van der Waals surface area contributed by atoms with Gasteiger partial charge in [0.1, 0.15) is 6.54 Å². The molecule has 0 atom stereocenters. The van der Waals surface area contributed by atoms with Crippen molar-refractivity contribution in [1.82, 2.24) is 9.80 Å². The van der Waals surface area contributed by atoms with Crippen LogP contribution in [0.1, 0.15) is 5.56 Å². The summed E-state index contributed by atoms with van der Waals surface area (Å²) in [7, 11) is 0. The summed E-state index contributed by atoms with van der Waals surface area (Å²) in [5.74, 6) is -0.855. The van der Waals surface area contributed by atoms with Crippen molar-refractivity contribution in [3.63, 3.8) is 0 Å². The summed E-state index contributed by atoms with van der Waals surface area (Å²) in [6.45, 7) is 1.43. The van der Waals surface area contributed by atoms with Gasteiger partial charge in [0.2, 0.25) is 5.91 Å². The summed E-state index contributed by atoms with van der Waals surface area (Å²) in [5, 5.41) is 10.5. The second-order valence-electron chi connectivity index (χ2n) is 5.96. The molecule has 10 heteroatoms. The predicted octanol–water partition coefficient (Wildman–Crippen LogP) is 2.05. The van der Waals surface area contributed by atoms with Gasteiger partial charge >= 0.3 is 0 Å². The summed E-state index contributed by atoms with van der Waals surface area (Å²) in [6, 6.07) is 6.18. The zero-order valence-corrected chi connectivity index (χ0v) is 15.6. The first-order valence-corrected chi connectivity index (χ1v) is 9.30. The molecule has 0 bridgehead atoms. The van der Waals surface area contributed by atoms with E-state index in [9.17, 15) is 24.5 Å². The van der Waals surface area contributed by atoms with E-state index in [1.54, 1.807) is 23.1 Å². The highest BCUT2D eigenvalue weighted by molar-refractivity contribution is 8.18. The molecule has 2 aliphatic rings. The number of nitrogens with zero attached hydrogens (tertiary/aromatic N) is 3. The van der Waals surface area contributed by atoms with E-state index in [1.807, 2.05) is 0 Å². The van der Waals surface area contributed by atoms with Crippen LogP contribution >= 0.6 is 11.8 Å². The minimum atomic E-state index is -0.552. The molecule has 28 heavy (non-hydrogen) atoms. The Labute approximate surface area is 164 Å². The van der Waals surface area contributed by atoms with E-state index < -0.39 is 16.1 Å². The Bertz CT molecular complexity index is 876. The van der Waals surface area contributed by atoms with Crippen LogP contribution in [0.3, 0.4) is 0 Å². The Morgan fingerprint density at radius 1 is 1.25 bits per heavy atom. The molecule has 2 saturated heterocycles. The average molecular weight is 403 g/mol. The molecule has 0 radical (unpaired) electrons. The first kappa shape index (κ1) is 19.8. The summed E-state index contributed by atoms with van der Waals surface area (Å²) in [6.07, 6.45) is 4.38. The van der Waals surface area contributed by atoms with E-state index in [4.69, 9.17) is 4.74 Å². The summed E-state index contributed by atoms with van der Waals surface area (Å²) in [5.41, 5.74) is 0.321. The molecule has 9 nitrogen and oxygen atoms in total. The van der Waals surface area contributed by atoms with Crippen LogP contribution in [0.2, 0.25) is 0 Å². The fourth-order valence-corrected chi connectivity index (χ4v) is 3.52. The number of thioether (sulfide) groups is 1. The molecular weight excluding hydrogens is 386 g/mol. The normalized spacial score (nSPS) is 19.1. The molecule has 0 spiro atoms. The van der Waals surface area contributed by atoms with Gasteiger partial charge in [-0.3, -0.25) is 29.4 Å². The number of allylic oxidation sites excluding steroid dienone is 2. The number of para-hydroxylation sites is 1. The van der Waals surface area contributed by atoms with Crippen LogP contribution in [0, 0.1) is 10.1 Å². The van der Waals surface area contributed by atoms with Crippen molar-refractivity contribution >= 4 is 40.6 Å². The second-order valence-corrected chi connectivity index (χ2v) is 6.95. The van der Waals surface area contributed by atoms with Crippen LogP contribution in [0.4, 0.5) is 10.5 Å². The lowest BCUT2D eigenvalue weighted by molar-refractivity contribution is -0.385. The van der Waals surface area contributed by atoms with E-state index in [0.29, 0.717) is 31.9 Å². The number of carbonyl (C=O) groups is 3. The second kappa shape index (κ2) is 8.81. The molecule has 0 aliphatic carbocycles. The smallest absolute Gasteiger partial charge is 0.294 e. The van der Waals surface area contributed by atoms with Crippen LogP contribution in [-0.2, 0) is 14.3 Å². The van der Waals surface area contributed by atoms with Crippen LogP contribution in [0.25, 0.3) is 6.08 Å². The molecule has 0 aromatic heterocycles. The number of nitro groups is 1. The van der Waals surface area contributed by atoms with Crippen LogP contribution in [-0.4, -0.2) is 64.6 Å². The van der Waals surface area contributed by atoms with Crippen molar-refractivity contribution in [2.24, 2.45) is 0 Å². The fourth-order valence-electron chi connectivity index (χ4n) is 2.73. The number of carbonyl (C=O) groups excluding carboxylic acids is 3. The quantitative estimate of drug-likeness (QED) is 0.420. The fraction of sp³-hybridized carbons (Fsp3) is 0.278. The predicted molar refractivity (Wildman–Crippen MR) is 102 cm³/mol. The lowest BCUT2D eigenvalue weighted by Crippen LogP contribution is -2.46. The van der Waals surface area contributed by atoms with Crippen molar-refractivity contribution < 1.29 is 24.0 Å². The number of hydrogen-bond donors (Lipinski definition) is 0. The summed E-state index contributed by atoms with van der Waals surface area (Å²) in [4.78, 5) is 50.0. The number of amides is 3. The van der Waals surface area contributed by atoms with Gasteiger partial charge in [0.15, 0.2) is 0 Å². The molecule has 3 amide bonds. The highest BCUT2D eigenvalue weighted by Crippen LogP contribution is 2.30. The van der Waals surface area contributed by atoms with E-state index in [0.717, 1.165) is 16.7 Å². The zero-order chi connectivity index (χ0) is 20.1. The molecule has 2 fully saturated rings. The zero-order valence-electron chi connectivity index (χ0n) is 14.8. The molecule has 2 aliphatic heterocycles. The van der Waals surface area contributed by atoms with Crippen molar-refractivity contribution in [3.05, 3.63) is 57.0 Å². The number of morpholine rings is 1. The van der Waals surface area contributed by atoms with Crippen LogP contribution < -0.4 is 0 Å².